The Kier molecular flexibility index (Phi) is 6.43. The molecular formula is C23H23F3N2O5S. The average Bonchev–Trinajstić information content (AvgIpc) is 3.24. The molecular weight excluding hydrogens is 473 g/mol. The molecule has 0 saturated carbocycles. The second-order valence-electron chi connectivity index (χ2n) is 8.49. The summed E-state index contributed by atoms with van der Waals surface area (Å²) in [7, 11) is -3.87. The van der Waals surface area contributed by atoms with Gasteiger partial charge in [0.25, 0.3) is 0 Å². The third-order valence-electron chi connectivity index (χ3n) is 6.34. The first-order chi connectivity index (χ1) is 16.0. The molecule has 1 heterocycles. The molecule has 2 aromatic carbocycles. The van der Waals surface area contributed by atoms with Gasteiger partial charge in [0.2, 0.25) is 15.9 Å². The van der Waals surface area contributed by atoms with E-state index in [0.29, 0.717) is 17.5 Å². The van der Waals surface area contributed by atoms with E-state index in [-0.39, 0.29) is 49.8 Å². The number of sulfonamides is 1. The summed E-state index contributed by atoms with van der Waals surface area (Å²) in [6.07, 6.45) is -4.07. The Balaban J connectivity index is 1.40. The second-order valence-corrected chi connectivity index (χ2v) is 10.4. The highest BCUT2D eigenvalue weighted by molar-refractivity contribution is 7.89. The molecule has 1 unspecified atom stereocenters. The van der Waals surface area contributed by atoms with Crippen molar-refractivity contribution in [2.24, 2.45) is 5.92 Å². The number of rotatable bonds is 5. The predicted molar refractivity (Wildman–Crippen MR) is 115 cm³/mol. The fourth-order valence-electron chi connectivity index (χ4n) is 4.45. The number of carboxylic acids is 1. The SMILES string of the molecule is O=C(O)C1Cc2cccc(S(=O)(=O)N3CCN(C(=O)Cc4ccc(C(F)(F)F)cc4)CC3)c2C1. The van der Waals surface area contributed by atoms with Crippen molar-refractivity contribution < 1.29 is 36.3 Å². The smallest absolute Gasteiger partial charge is 0.416 e. The van der Waals surface area contributed by atoms with Gasteiger partial charge >= 0.3 is 12.1 Å². The Hall–Kier alpha value is -2.92. The van der Waals surface area contributed by atoms with E-state index < -0.39 is 33.7 Å². The number of carbonyl (C=O) groups excluding carboxylic acids is 1. The molecule has 2 aliphatic rings. The van der Waals surface area contributed by atoms with Crippen molar-refractivity contribution in [2.45, 2.75) is 30.3 Å². The molecule has 0 aromatic heterocycles. The van der Waals surface area contributed by atoms with Crippen LogP contribution in [0.1, 0.15) is 22.3 Å². The Morgan fingerprint density at radius 1 is 0.971 bits per heavy atom. The van der Waals surface area contributed by atoms with E-state index in [2.05, 4.69) is 0 Å². The normalized spacial score (nSPS) is 19.1. The lowest BCUT2D eigenvalue weighted by Crippen LogP contribution is -2.51. The first kappa shape index (κ1) is 24.2. The molecule has 1 amide bonds. The fourth-order valence-corrected chi connectivity index (χ4v) is 6.15. The molecule has 1 saturated heterocycles. The minimum absolute atomic E-state index is 0.0757. The van der Waals surface area contributed by atoms with E-state index in [1.54, 1.807) is 12.1 Å². The third kappa shape index (κ3) is 4.80. The van der Waals surface area contributed by atoms with Gasteiger partial charge in [0, 0.05) is 26.2 Å². The van der Waals surface area contributed by atoms with Gasteiger partial charge in [-0.15, -0.1) is 0 Å². The zero-order chi connectivity index (χ0) is 24.7. The topological polar surface area (TPSA) is 95.0 Å². The Morgan fingerprint density at radius 3 is 2.21 bits per heavy atom. The lowest BCUT2D eigenvalue weighted by molar-refractivity contribution is -0.141. The Labute approximate surface area is 194 Å². The van der Waals surface area contributed by atoms with Crippen LogP contribution in [0.4, 0.5) is 13.2 Å². The van der Waals surface area contributed by atoms with Crippen molar-refractivity contribution in [1.29, 1.82) is 0 Å². The molecule has 1 N–H and O–H groups in total. The van der Waals surface area contributed by atoms with E-state index in [0.717, 1.165) is 17.7 Å². The van der Waals surface area contributed by atoms with E-state index in [1.165, 1.54) is 27.4 Å². The van der Waals surface area contributed by atoms with Gasteiger partial charge in [-0.05, 0) is 47.7 Å². The quantitative estimate of drug-likeness (QED) is 0.687. The van der Waals surface area contributed by atoms with Crippen LogP contribution >= 0.6 is 0 Å². The summed E-state index contributed by atoms with van der Waals surface area (Å²) in [6.45, 7) is 0.469. The predicted octanol–water partition coefficient (Wildman–Crippen LogP) is 2.58. The zero-order valence-electron chi connectivity index (χ0n) is 18.1. The monoisotopic (exact) mass is 496 g/mol. The van der Waals surface area contributed by atoms with Crippen LogP contribution < -0.4 is 0 Å². The number of fused-ring (bicyclic) bond motifs is 1. The summed E-state index contributed by atoms with van der Waals surface area (Å²) < 4.78 is 66.0. The van der Waals surface area contributed by atoms with Gasteiger partial charge in [-0.25, -0.2) is 8.42 Å². The number of aliphatic carboxylic acids is 1. The molecule has 4 rings (SSSR count). The van der Waals surface area contributed by atoms with Crippen molar-refractivity contribution in [3.05, 3.63) is 64.7 Å². The summed E-state index contributed by atoms with van der Waals surface area (Å²) in [4.78, 5) is 25.6. The molecule has 1 atom stereocenters. The molecule has 2 aromatic rings. The van der Waals surface area contributed by atoms with Gasteiger partial charge in [0.05, 0.1) is 22.8 Å². The molecule has 1 fully saturated rings. The summed E-state index contributed by atoms with van der Waals surface area (Å²) in [5, 5.41) is 9.32. The fraction of sp³-hybridized carbons (Fsp3) is 0.391. The number of carboxylic acid groups (broad SMARTS) is 1. The Morgan fingerprint density at radius 2 is 1.62 bits per heavy atom. The maximum atomic E-state index is 13.3. The molecule has 0 radical (unpaired) electrons. The van der Waals surface area contributed by atoms with Crippen molar-refractivity contribution in [3.8, 4) is 0 Å². The van der Waals surface area contributed by atoms with Crippen LogP contribution in [0, 0.1) is 5.92 Å². The second kappa shape index (κ2) is 9.03. The van der Waals surface area contributed by atoms with Crippen LogP contribution in [0.3, 0.4) is 0 Å². The third-order valence-corrected chi connectivity index (χ3v) is 8.33. The number of carbonyl (C=O) groups is 2. The maximum Gasteiger partial charge on any atom is 0.416 e. The molecule has 182 valence electrons. The minimum Gasteiger partial charge on any atom is -0.481 e. The van der Waals surface area contributed by atoms with Crippen LogP contribution in [0.15, 0.2) is 47.4 Å². The van der Waals surface area contributed by atoms with Crippen LogP contribution in [0.2, 0.25) is 0 Å². The highest BCUT2D eigenvalue weighted by Crippen LogP contribution is 2.34. The standard InChI is InChI=1S/C23H23F3N2O5S/c24-23(25,26)18-6-4-15(5-7-18)12-21(29)27-8-10-28(11-9-27)34(32,33)20-3-1-2-16-13-17(22(30)31)14-19(16)20/h1-7,17H,8-14H2,(H,30,31). The molecule has 11 heteroatoms. The lowest BCUT2D eigenvalue weighted by Gasteiger charge is -2.34. The first-order valence-electron chi connectivity index (χ1n) is 10.7. The average molecular weight is 497 g/mol. The molecule has 7 nitrogen and oxygen atoms in total. The highest BCUT2D eigenvalue weighted by atomic mass is 32.2. The number of nitrogens with zero attached hydrogens (tertiary/aromatic N) is 2. The molecule has 1 aliphatic heterocycles. The number of halogens is 3. The molecule has 0 spiro atoms. The van der Waals surface area contributed by atoms with Gasteiger partial charge < -0.3 is 10.0 Å². The van der Waals surface area contributed by atoms with E-state index in [9.17, 15) is 36.3 Å². The van der Waals surface area contributed by atoms with Gasteiger partial charge in [-0.3, -0.25) is 9.59 Å². The maximum absolute atomic E-state index is 13.3. The Bertz CT molecular complexity index is 1200. The lowest BCUT2D eigenvalue weighted by atomic mass is 10.1. The number of benzene rings is 2. The molecule has 0 bridgehead atoms. The summed E-state index contributed by atoms with van der Waals surface area (Å²) in [5.41, 5.74) is 0.917. The van der Waals surface area contributed by atoms with E-state index in [1.807, 2.05) is 0 Å². The highest BCUT2D eigenvalue weighted by Gasteiger charge is 2.36. The van der Waals surface area contributed by atoms with Crippen LogP contribution in [-0.4, -0.2) is 60.8 Å². The number of alkyl halides is 3. The summed E-state index contributed by atoms with van der Waals surface area (Å²) in [6, 6.07) is 9.24. The number of piperazine rings is 1. The molecule has 34 heavy (non-hydrogen) atoms. The van der Waals surface area contributed by atoms with Crippen molar-refractivity contribution in [3.63, 3.8) is 0 Å². The summed E-state index contributed by atoms with van der Waals surface area (Å²) >= 11 is 0. The van der Waals surface area contributed by atoms with Crippen molar-refractivity contribution in [2.75, 3.05) is 26.2 Å². The van der Waals surface area contributed by atoms with Gasteiger partial charge in [-0.2, -0.15) is 17.5 Å². The summed E-state index contributed by atoms with van der Waals surface area (Å²) in [5.74, 6) is -1.90. The van der Waals surface area contributed by atoms with Gasteiger partial charge in [0.15, 0.2) is 0 Å². The number of hydrogen-bond acceptors (Lipinski definition) is 4. The van der Waals surface area contributed by atoms with Crippen molar-refractivity contribution >= 4 is 21.9 Å². The van der Waals surface area contributed by atoms with Crippen LogP contribution in [0.25, 0.3) is 0 Å². The van der Waals surface area contributed by atoms with Crippen LogP contribution in [-0.2, 0) is 45.1 Å². The minimum atomic E-state index is -4.45. The molecule has 1 aliphatic carbocycles. The van der Waals surface area contributed by atoms with Gasteiger partial charge in [-0.1, -0.05) is 24.3 Å². The van der Waals surface area contributed by atoms with Gasteiger partial charge in [0.1, 0.15) is 0 Å². The number of amides is 1. The zero-order valence-corrected chi connectivity index (χ0v) is 18.9. The first-order valence-corrected chi connectivity index (χ1v) is 12.2. The van der Waals surface area contributed by atoms with Crippen LogP contribution in [0.5, 0.6) is 0 Å². The van der Waals surface area contributed by atoms with E-state index in [4.69, 9.17) is 0 Å². The van der Waals surface area contributed by atoms with Crippen molar-refractivity contribution in [1.82, 2.24) is 9.21 Å². The number of hydrogen-bond donors (Lipinski definition) is 1. The largest absolute Gasteiger partial charge is 0.481 e. The van der Waals surface area contributed by atoms with E-state index >= 15 is 0 Å².